The summed E-state index contributed by atoms with van der Waals surface area (Å²) in [6, 6.07) is 1.39. The monoisotopic (exact) mass is 101 g/mol. The van der Waals surface area contributed by atoms with Gasteiger partial charge in [0, 0.05) is 7.49 Å². The molecule has 40 valence electrons. The molecule has 0 aromatic carbocycles. The third-order valence-electron chi connectivity index (χ3n) is 0.647. The number of rotatable bonds is 0. The molecule has 0 aliphatic rings. The van der Waals surface area contributed by atoms with Crippen molar-refractivity contribution in [1.82, 2.24) is 5.16 Å². The van der Waals surface area contributed by atoms with Gasteiger partial charge in [0.25, 0.3) is 5.56 Å². The van der Waals surface area contributed by atoms with Crippen LogP contribution in [0.2, 0.25) is 0 Å². The molecule has 0 aliphatic carbocycles. The zero-order valence-electron chi connectivity index (χ0n) is 3.89. The van der Waals surface area contributed by atoms with E-state index in [-0.39, 0.29) is 6.99 Å². The third kappa shape index (κ3) is 0.707. The molecule has 0 bridgehead atoms. The Morgan fingerprint density at radius 2 is 2.71 bits per heavy atom. The topological polar surface area (TPSA) is 46.0 Å². The van der Waals surface area contributed by atoms with Crippen molar-refractivity contribution in [1.29, 1.82) is 0 Å². The molecule has 0 saturated heterocycles. The zero-order valence-corrected chi connectivity index (χ0v) is 3.89. The highest BCUT2D eigenvalue weighted by molar-refractivity contribution is 4.88. The van der Waals surface area contributed by atoms with Crippen molar-refractivity contribution in [3.05, 3.63) is 22.2 Å². The van der Waals surface area contributed by atoms with Crippen LogP contribution >= 0.6 is 0 Å². The summed E-state index contributed by atoms with van der Waals surface area (Å²) in [5.74, 6) is 0.616. The molecule has 1 rings (SSSR count). The van der Waals surface area contributed by atoms with Crippen molar-refractivity contribution < 1.29 is 5.95 Å². The lowest BCUT2D eigenvalue weighted by molar-refractivity contribution is 0.392. The van der Waals surface area contributed by atoms with Crippen LogP contribution in [-0.4, -0.2) is 5.16 Å². The second kappa shape index (κ2) is 1.26. The van der Waals surface area contributed by atoms with Crippen LogP contribution in [0.4, 0.5) is 0 Å². The van der Waals surface area contributed by atoms with E-state index in [9.17, 15) is 4.79 Å². The minimum atomic E-state index is -0.183. The Hall–Kier alpha value is -0.990. The van der Waals surface area contributed by atoms with Crippen LogP contribution in [0, 0.1) is 6.92 Å². The van der Waals surface area contributed by atoms with E-state index >= 15 is 0 Å². The van der Waals surface area contributed by atoms with E-state index < -0.39 is 0 Å². The summed E-state index contributed by atoms with van der Waals surface area (Å²) in [6.45, 7) is 1.71. The summed E-state index contributed by atoms with van der Waals surface area (Å²) >= 11 is 0. The van der Waals surface area contributed by atoms with Gasteiger partial charge in [-0.15, -0.1) is 0 Å². The molecule has 0 radical (unpaired) electrons. The molecule has 0 fully saturated rings. The number of aryl methyl sites for hydroxylation is 1. The molecule has 0 amide bonds. The summed E-state index contributed by atoms with van der Waals surface area (Å²) in [5, 5.41) is 2.14. The summed E-state index contributed by atoms with van der Waals surface area (Å²) < 4.78 is 4.53. The zero-order chi connectivity index (χ0) is 5.28. The molecule has 3 nitrogen and oxygen atoms in total. The van der Waals surface area contributed by atoms with Crippen molar-refractivity contribution in [2.45, 2.75) is 6.92 Å². The van der Waals surface area contributed by atoms with E-state index in [0.717, 1.165) is 0 Å². The predicted octanol–water partition coefficient (Wildman–Crippen LogP) is 0.522. The van der Waals surface area contributed by atoms with E-state index in [1.54, 1.807) is 6.92 Å². The largest absolute Gasteiger partial charge is 0.384 e. The van der Waals surface area contributed by atoms with Gasteiger partial charge in [0.1, 0.15) is 5.76 Å². The molecule has 0 saturated carbocycles. The summed E-state index contributed by atoms with van der Waals surface area (Å²) in [5.41, 5.74) is -0.183. The fraction of sp³-hybridized carbons (Fsp3) is 0.250. The number of nitrogens with one attached hydrogen (secondary N) is 1. The second-order valence-corrected chi connectivity index (χ2v) is 1.32. The Kier molecular flexibility index (Phi) is 0.749. The van der Waals surface area contributed by atoms with Gasteiger partial charge in [0.15, 0.2) is 0 Å². The number of aromatic nitrogens is 1. The summed E-state index contributed by atoms with van der Waals surface area (Å²) in [6.07, 6.45) is 0. The van der Waals surface area contributed by atoms with Gasteiger partial charge in [0.2, 0.25) is 0 Å². The first-order valence-corrected chi connectivity index (χ1v) is 1.94. The van der Waals surface area contributed by atoms with Crippen molar-refractivity contribution in [2.75, 3.05) is 0 Å². The van der Waals surface area contributed by atoms with Gasteiger partial charge in [-0.3, -0.25) is 4.79 Å². The van der Waals surface area contributed by atoms with Gasteiger partial charge in [0.05, 0.1) is 0 Å². The molecule has 0 atom stereocenters. The van der Waals surface area contributed by atoms with Crippen LogP contribution in [0.5, 0.6) is 0 Å². The van der Waals surface area contributed by atoms with Crippen LogP contribution in [0.15, 0.2) is 15.4 Å². The lowest BCUT2D eigenvalue weighted by Gasteiger charge is -1.66. The molecule has 0 spiro atoms. The molecular formula is C4H7NO2. The third-order valence-corrected chi connectivity index (χ3v) is 0.647. The first kappa shape index (κ1) is 4.18. The molecule has 7 heavy (non-hydrogen) atoms. The Labute approximate surface area is 41.4 Å². The minimum absolute atomic E-state index is 0. The van der Waals surface area contributed by atoms with E-state index in [1.807, 2.05) is 0 Å². The van der Waals surface area contributed by atoms with Crippen molar-refractivity contribution >= 4 is 0 Å². The lowest BCUT2D eigenvalue weighted by atomic mass is 10.5. The van der Waals surface area contributed by atoms with Crippen LogP contribution in [0.1, 0.15) is 7.19 Å². The van der Waals surface area contributed by atoms with Gasteiger partial charge in [-0.2, -0.15) is 5.16 Å². The molecule has 1 N–H and O–H groups in total. The Balaban J connectivity index is 0.000000490. The van der Waals surface area contributed by atoms with Crippen molar-refractivity contribution in [3.8, 4) is 0 Å². The minimum Gasteiger partial charge on any atom is -0.384 e. The maximum absolute atomic E-state index is 10.1. The number of aromatic amines is 1. The second-order valence-electron chi connectivity index (χ2n) is 1.32. The average Bonchev–Trinajstić information content (AvgIpc) is 1.87. The van der Waals surface area contributed by atoms with Crippen molar-refractivity contribution in [3.63, 3.8) is 0 Å². The number of hydrogen-bond acceptors (Lipinski definition) is 2. The highest BCUT2D eigenvalue weighted by Gasteiger charge is 1.85. The molecule has 3 heteroatoms. The Bertz CT molecular complexity index is 202. The Morgan fingerprint density at radius 3 is 2.86 bits per heavy atom. The predicted molar refractivity (Wildman–Crippen MR) is 26.2 cm³/mol. The van der Waals surface area contributed by atoms with Crippen molar-refractivity contribution in [2.24, 2.45) is 0 Å². The van der Waals surface area contributed by atoms with Gasteiger partial charge in [-0.1, -0.05) is 0 Å². The van der Waals surface area contributed by atoms with Gasteiger partial charge < -0.3 is 4.52 Å². The molecule has 0 aliphatic heterocycles. The molecular weight excluding hydrogens is 94.0 g/mol. The van der Waals surface area contributed by atoms with Crippen LogP contribution in [-0.2, 0) is 0 Å². The number of hydrogen-bond donors (Lipinski definition) is 1. The van der Waals surface area contributed by atoms with Gasteiger partial charge >= 0.3 is 0 Å². The highest BCUT2D eigenvalue weighted by atomic mass is 16.5. The first-order chi connectivity index (χ1) is 3.29. The quantitative estimate of drug-likeness (QED) is 0.518. The highest BCUT2D eigenvalue weighted by Crippen LogP contribution is 1.83. The van der Waals surface area contributed by atoms with Crippen LogP contribution in [0.3, 0.4) is 0 Å². The smallest absolute Gasteiger partial charge is 0.280 e. The van der Waals surface area contributed by atoms with E-state index in [1.165, 1.54) is 6.07 Å². The Morgan fingerprint density at radius 1 is 2.00 bits per heavy atom. The molecule has 1 heterocycles. The summed E-state index contributed by atoms with van der Waals surface area (Å²) in [4.78, 5) is 10.1. The SMILES string of the molecule is Cc1cc(=O)[nH]o1.[HH]. The van der Waals surface area contributed by atoms with Gasteiger partial charge in [-0.05, 0) is 6.92 Å². The maximum Gasteiger partial charge on any atom is 0.280 e. The number of H-pyrrole nitrogens is 1. The molecule has 0 unspecified atom stereocenters. The molecule has 1 aromatic rings. The van der Waals surface area contributed by atoms with Gasteiger partial charge in [-0.25, -0.2) is 0 Å². The van der Waals surface area contributed by atoms with E-state index in [0.29, 0.717) is 5.76 Å². The standard InChI is InChI=1S/C4H5NO2.H2/c1-3-2-4(6)5-7-3;/h2H,1H3,(H,5,6);1H. The van der Waals surface area contributed by atoms with Crippen LogP contribution < -0.4 is 5.56 Å². The lowest BCUT2D eigenvalue weighted by Crippen LogP contribution is -1.92. The average molecular weight is 101 g/mol. The fourth-order valence-electron chi connectivity index (χ4n) is 0.374. The summed E-state index contributed by atoms with van der Waals surface area (Å²) in [7, 11) is 0. The normalized spacial score (nSPS) is 9.29. The fourth-order valence-corrected chi connectivity index (χ4v) is 0.374. The van der Waals surface area contributed by atoms with Crippen LogP contribution in [0.25, 0.3) is 0 Å². The first-order valence-electron chi connectivity index (χ1n) is 1.94. The molecule has 1 aromatic heterocycles. The van der Waals surface area contributed by atoms with E-state index in [4.69, 9.17) is 0 Å². The maximum atomic E-state index is 10.1. The van der Waals surface area contributed by atoms with E-state index in [2.05, 4.69) is 9.68 Å².